The summed E-state index contributed by atoms with van der Waals surface area (Å²) in [7, 11) is 0. The van der Waals surface area contributed by atoms with Gasteiger partial charge in [0, 0.05) is 18.2 Å². The molecule has 0 spiro atoms. The van der Waals surface area contributed by atoms with Crippen molar-refractivity contribution in [2.45, 2.75) is 38.8 Å². The third-order valence-electron chi connectivity index (χ3n) is 2.74. The largest absolute Gasteiger partial charge is 0.508 e. The van der Waals surface area contributed by atoms with Crippen LogP contribution in [-0.2, 0) is 0 Å². The van der Waals surface area contributed by atoms with Crippen LogP contribution in [0.2, 0.25) is 0 Å². The highest BCUT2D eigenvalue weighted by atomic mass is 19.1. The Kier molecular flexibility index (Phi) is 5.38. The Morgan fingerprint density at radius 1 is 1.41 bits per heavy atom. The number of phenolic OH excluding ortho intramolecular Hbond substituents is 1. The summed E-state index contributed by atoms with van der Waals surface area (Å²) >= 11 is 0. The highest BCUT2D eigenvalue weighted by Gasteiger charge is 2.12. The molecule has 0 fully saturated rings. The fraction of sp³-hybridized carbons (Fsp3) is 0.538. The van der Waals surface area contributed by atoms with Gasteiger partial charge in [-0.1, -0.05) is 13.3 Å². The Labute approximate surface area is 101 Å². The smallest absolute Gasteiger partial charge is 0.123 e. The van der Waals surface area contributed by atoms with Crippen molar-refractivity contribution < 1.29 is 14.6 Å². The van der Waals surface area contributed by atoms with Gasteiger partial charge in [0.05, 0.1) is 6.10 Å². The van der Waals surface area contributed by atoms with E-state index < -0.39 is 6.10 Å². The van der Waals surface area contributed by atoms with Gasteiger partial charge >= 0.3 is 0 Å². The van der Waals surface area contributed by atoms with E-state index in [0.717, 1.165) is 12.8 Å². The monoisotopic (exact) mass is 241 g/mol. The Bertz CT molecular complexity index is 357. The number of rotatable bonds is 6. The average molecular weight is 241 g/mol. The zero-order valence-electron chi connectivity index (χ0n) is 10.3. The lowest BCUT2D eigenvalue weighted by Gasteiger charge is -2.18. The topological polar surface area (TPSA) is 52.5 Å². The molecule has 0 bridgehead atoms. The number of hydrogen-bond donors (Lipinski definition) is 3. The molecule has 2 unspecified atom stereocenters. The summed E-state index contributed by atoms with van der Waals surface area (Å²) in [6.07, 6.45) is 1.25. The fourth-order valence-electron chi connectivity index (χ4n) is 1.73. The van der Waals surface area contributed by atoms with Crippen molar-refractivity contribution in [2.75, 3.05) is 6.54 Å². The number of benzene rings is 1. The van der Waals surface area contributed by atoms with Crippen molar-refractivity contribution in [3.63, 3.8) is 0 Å². The van der Waals surface area contributed by atoms with E-state index in [1.807, 2.05) is 13.8 Å². The maximum atomic E-state index is 13.0. The highest BCUT2D eigenvalue weighted by molar-refractivity contribution is 5.34. The quantitative estimate of drug-likeness (QED) is 0.716. The van der Waals surface area contributed by atoms with Gasteiger partial charge in [0.1, 0.15) is 11.6 Å². The summed E-state index contributed by atoms with van der Waals surface area (Å²) in [6.45, 7) is 4.27. The minimum absolute atomic E-state index is 0.0661. The van der Waals surface area contributed by atoms with Crippen LogP contribution in [0.1, 0.15) is 38.3 Å². The molecule has 17 heavy (non-hydrogen) atoms. The third kappa shape index (κ3) is 4.32. The Morgan fingerprint density at radius 3 is 2.76 bits per heavy atom. The minimum Gasteiger partial charge on any atom is -0.508 e. The van der Waals surface area contributed by atoms with Crippen molar-refractivity contribution in [1.29, 1.82) is 0 Å². The first kappa shape index (κ1) is 13.9. The maximum absolute atomic E-state index is 13.0. The van der Waals surface area contributed by atoms with Gasteiger partial charge in [-0.25, -0.2) is 4.39 Å². The molecule has 1 aromatic carbocycles. The zero-order valence-corrected chi connectivity index (χ0v) is 10.3. The number of aliphatic hydroxyl groups is 1. The maximum Gasteiger partial charge on any atom is 0.123 e. The molecule has 0 amide bonds. The summed E-state index contributed by atoms with van der Waals surface area (Å²) < 4.78 is 13.0. The van der Waals surface area contributed by atoms with Crippen molar-refractivity contribution in [1.82, 2.24) is 5.32 Å². The number of phenols is 1. The van der Waals surface area contributed by atoms with E-state index in [1.165, 1.54) is 18.2 Å². The van der Waals surface area contributed by atoms with Gasteiger partial charge in [-0.15, -0.1) is 0 Å². The first-order valence-electron chi connectivity index (χ1n) is 5.94. The first-order valence-corrected chi connectivity index (χ1v) is 5.94. The predicted molar refractivity (Wildman–Crippen MR) is 65.4 cm³/mol. The van der Waals surface area contributed by atoms with Crippen LogP contribution in [-0.4, -0.2) is 22.9 Å². The molecule has 0 saturated heterocycles. The molecule has 0 saturated carbocycles. The van der Waals surface area contributed by atoms with Crippen molar-refractivity contribution in [2.24, 2.45) is 0 Å². The summed E-state index contributed by atoms with van der Waals surface area (Å²) in [5.41, 5.74) is 0.508. The average Bonchev–Trinajstić information content (AvgIpc) is 2.29. The SMILES string of the molecule is CCCC(O)CNC(C)c1cc(F)ccc1O. The minimum atomic E-state index is -0.404. The molecule has 0 aliphatic carbocycles. The van der Waals surface area contributed by atoms with Gasteiger partial charge < -0.3 is 15.5 Å². The highest BCUT2D eigenvalue weighted by Crippen LogP contribution is 2.24. The fourth-order valence-corrected chi connectivity index (χ4v) is 1.73. The van der Waals surface area contributed by atoms with Crippen molar-refractivity contribution in [3.8, 4) is 5.75 Å². The van der Waals surface area contributed by atoms with E-state index in [9.17, 15) is 14.6 Å². The van der Waals surface area contributed by atoms with Crippen LogP contribution >= 0.6 is 0 Å². The van der Waals surface area contributed by atoms with E-state index in [2.05, 4.69) is 5.32 Å². The standard InChI is InChI=1S/C13H20FNO2/c1-3-4-11(16)8-15-9(2)12-7-10(14)5-6-13(12)17/h5-7,9,11,15-17H,3-4,8H2,1-2H3. The Morgan fingerprint density at radius 2 is 2.12 bits per heavy atom. The molecule has 1 aromatic rings. The van der Waals surface area contributed by atoms with Gasteiger partial charge in [0.15, 0.2) is 0 Å². The molecule has 0 heterocycles. The molecule has 0 aromatic heterocycles. The summed E-state index contributed by atoms with van der Waals surface area (Å²) in [5.74, 6) is -0.308. The molecular formula is C13H20FNO2. The van der Waals surface area contributed by atoms with Crippen molar-refractivity contribution in [3.05, 3.63) is 29.6 Å². The van der Waals surface area contributed by atoms with Crippen LogP contribution in [0.4, 0.5) is 4.39 Å². The Hall–Kier alpha value is -1.13. The lowest BCUT2D eigenvalue weighted by atomic mass is 10.1. The lowest BCUT2D eigenvalue weighted by Crippen LogP contribution is -2.29. The first-order chi connectivity index (χ1) is 8.04. The van der Waals surface area contributed by atoms with Gasteiger partial charge in [-0.2, -0.15) is 0 Å². The normalized spacial score (nSPS) is 14.6. The van der Waals surface area contributed by atoms with Gasteiger partial charge in [-0.3, -0.25) is 0 Å². The number of aromatic hydroxyl groups is 1. The number of aliphatic hydroxyl groups excluding tert-OH is 1. The van der Waals surface area contributed by atoms with Gasteiger partial charge in [0.25, 0.3) is 0 Å². The van der Waals surface area contributed by atoms with Crippen LogP contribution in [0.15, 0.2) is 18.2 Å². The zero-order chi connectivity index (χ0) is 12.8. The molecule has 2 atom stereocenters. The molecule has 4 heteroatoms. The predicted octanol–water partition coefficient (Wildman–Crippen LogP) is 2.34. The van der Waals surface area contributed by atoms with E-state index in [-0.39, 0.29) is 17.6 Å². The third-order valence-corrected chi connectivity index (χ3v) is 2.74. The molecule has 3 nitrogen and oxygen atoms in total. The molecule has 0 aliphatic rings. The summed E-state index contributed by atoms with van der Waals surface area (Å²) in [4.78, 5) is 0. The molecular weight excluding hydrogens is 221 g/mol. The second-order valence-corrected chi connectivity index (χ2v) is 4.28. The van der Waals surface area contributed by atoms with Crippen LogP contribution in [0.25, 0.3) is 0 Å². The van der Waals surface area contributed by atoms with E-state index in [4.69, 9.17) is 0 Å². The summed E-state index contributed by atoms with van der Waals surface area (Å²) in [6, 6.07) is 3.67. The second kappa shape index (κ2) is 6.57. The van der Waals surface area contributed by atoms with Crippen LogP contribution < -0.4 is 5.32 Å². The number of hydrogen-bond acceptors (Lipinski definition) is 3. The van der Waals surface area contributed by atoms with E-state index in [1.54, 1.807) is 0 Å². The van der Waals surface area contributed by atoms with Gasteiger partial charge in [-0.05, 0) is 31.5 Å². The lowest BCUT2D eigenvalue weighted by molar-refractivity contribution is 0.157. The van der Waals surface area contributed by atoms with Gasteiger partial charge in [0.2, 0.25) is 0 Å². The molecule has 0 radical (unpaired) electrons. The van der Waals surface area contributed by atoms with Crippen LogP contribution in [0.3, 0.4) is 0 Å². The molecule has 3 N–H and O–H groups in total. The van der Waals surface area contributed by atoms with E-state index in [0.29, 0.717) is 12.1 Å². The van der Waals surface area contributed by atoms with Crippen LogP contribution in [0, 0.1) is 5.82 Å². The second-order valence-electron chi connectivity index (χ2n) is 4.28. The van der Waals surface area contributed by atoms with Crippen molar-refractivity contribution >= 4 is 0 Å². The Balaban J connectivity index is 2.57. The molecule has 96 valence electrons. The molecule has 0 aliphatic heterocycles. The number of halogens is 1. The van der Waals surface area contributed by atoms with Crippen LogP contribution in [0.5, 0.6) is 5.75 Å². The molecule has 1 rings (SSSR count). The van der Waals surface area contributed by atoms with E-state index >= 15 is 0 Å². The summed E-state index contributed by atoms with van der Waals surface area (Å²) in [5, 5.41) is 22.2. The number of nitrogens with one attached hydrogen (secondary N) is 1.